The molecule has 2 rings (SSSR count). The van der Waals surface area contributed by atoms with Crippen LogP contribution in [0.2, 0.25) is 0 Å². The second kappa shape index (κ2) is 5.27. The van der Waals surface area contributed by atoms with E-state index >= 15 is 0 Å². The van der Waals surface area contributed by atoms with Crippen molar-refractivity contribution in [3.05, 3.63) is 47.9 Å². The van der Waals surface area contributed by atoms with Crippen LogP contribution in [-0.4, -0.2) is 17.6 Å². The molecule has 1 heterocycles. The van der Waals surface area contributed by atoms with E-state index in [1.807, 2.05) is 6.07 Å². The third-order valence-electron chi connectivity index (χ3n) is 2.53. The summed E-state index contributed by atoms with van der Waals surface area (Å²) < 4.78 is 5.15. The van der Waals surface area contributed by atoms with Crippen molar-refractivity contribution in [2.24, 2.45) is 0 Å². The first-order valence-corrected chi connectivity index (χ1v) is 5.56. The molecule has 5 heteroatoms. The Labute approximate surface area is 104 Å². The molecule has 1 aromatic carbocycles. The zero-order valence-electron chi connectivity index (χ0n) is 9.72. The summed E-state index contributed by atoms with van der Waals surface area (Å²) in [7, 11) is 0. The number of aromatic hydroxyl groups is 1. The van der Waals surface area contributed by atoms with Crippen LogP contribution in [0.1, 0.15) is 16.1 Å². The number of rotatable bonds is 4. The SMILES string of the molecule is Nc1ccc(C(=O)NCCc2ccco2)cc1O. The molecule has 2 aromatic rings. The number of phenolic OH excluding ortho intramolecular Hbond substituents is 1. The van der Waals surface area contributed by atoms with E-state index in [1.165, 1.54) is 12.1 Å². The van der Waals surface area contributed by atoms with Crippen LogP contribution in [0.5, 0.6) is 5.75 Å². The van der Waals surface area contributed by atoms with Crippen LogP contribution >= 0.6 is 0 Å². The first kappa shape index (κ1) is 12.0. The molecular weight excluding hydrogens is 232 g/mol. The quantitative estimate of drug-likeness (QED) is 0.564. The zero-order chi connectivity index (χ0) is 13.0. The van der Waals surface area contributed by atoms with Gasteiger partial charge in [0.05, 0.1) is 12.0 Å². The minimum Gasteiger partial charge on any atom is -0.506 e. The van der Waals surface area contributed by atoms with Crippen molar-refractivity contribution < 1.29 is 14.3 Å². The summed E-state index contributed by atoms with van der Waals surface area (Å²) >= 11 is 0. The molecular formula is C13H14N2O3. The maximum Gasteiger partial charge on any atom is 0.251 e. The van der Waals surface area contributed by atoms with Crippen molar-refractivity contribution >= 4 is 11.6 Å². The van der Waals surface area contributed by atoms with Crippen LogP contribution in [0.25, 0.3) is 0 Å². The van der Waals surface area contributed by atoms with Crippen LogP contribution in [0.15, 0.2) is 41.0 Å². The lowest BCUT2D eigenvalue weighted by Gasteiger charge is -2.05. The molecule has 0 aliphatic carbocycles. The molecule has 1 amide bonds. The summed E-state index contributed by atoms with van der Waals surface area (Å²) in [4.78, 5) is 11.7. The lowest BCUT2D eigenvalue weighted by atomic mass is 10.2. The molecule has 0 atom stereocenters. The fourth-order valence-corrected chi connectivity index (χ4v) is 1.54. The van der Waals surface area contributed by atoms with Gasteiger partial charge >= 0.3 is 0 Å². The molecule has 0 saturated carbocycles. The van der Waals surface area contributed by atoms with Gasteiger partial charge in [-0.05, 0) is 30.3 Å². The Hall–Kier alpha value is -2.43. The van der Waals surface area contributed by atoms with E-state index in [2.05, 4.69) is 5.32 Å². The predicted octanol–water partition coefficient (Wildman–Crippen LogP) is 1.54. The number of amides is 1. The average Bonchev–Trinajstić information content (AvgIpc) is 2.85. The van der Waals surface area contributed by atoms with Gasteiger partial charge in [-0.1, -0.05) is 0 Å². The van der Waals surface area contributed by atoms with Gasteiger partial charge in [-0.15, -0.1) is 0 Å². The standard InChI is InChI=1S/C13H14N2O3/c14-11-4-3-9(8-12(11)16)13(17)15-6-5-10-2-1-7-18-10/h1-4,7-8,16H,5-6,14H2,(H,15,17). The van der Waals surface area contributed by atoms with Gasteiger partial charge in [-0.25, -0.2) is 0 Å². The monoisotopic (exact) mass is 246 g/mol. The van der Waals surface area contributed by atoms with Crippen molar-refractivity contribution in [2.45, 2.75) is 6.42 Å². The molecule has 18 heavy (non-hydrogen) atoms. The number of hydrogen-bond donors (Lipinski definition) is 3. The van der Waals surface area contributed by atoms with Crippen molar-refractivity contribution in [3.63, 3.8) is 0 Å². The number of carbonyl (C=O) groups excluding carboxylic acids is 1. The Kier molecular flexibility index (Phi) is 3.52. The second-order valence-electron chi connectivity index (χ2n) is 3.86. The van der Waals surface area contributed by atoms with Crippen LogP contribution in [0.3, 0.4) is 0 Å². The van der Waals surface area contributed by atoms with Crippen LogP contribution in [0, 0.1) is 0 Å². The fourth-order valence-electron chi connectivity index (χ4n) is 1.54. The Morgan fingerprint density at radius 2 is 2.22 bits per heavy atom. The molecule has 0 radical (unpaired) electrons. The van der Waals surface area contributed by atoms with Gasteiger partial charge in [0.2, 0.25) is 0 Å². The molecule has 4 N–H and O–H groups in total. The number of furan rings is 1. The summed E-state index contributed by atoms with van der Waals surface area (Å²) in [6.45, 7) is 0.470. The third-order valence-corrected chi connectivity index (χ3v) is 2.53. The van der Waals surface area contributed by atoms with Gasteiger partial charge in [0.1, 0.15) is 11.5 Å². The van der Waals surface area contributed by atoms with E-state index in [4.69, 9.17) is 10.2 Å². The highest BCUT2D eigenvalue weighted by atomic mass is 16.3. The molecule has 5 nitrogen and oxygen atoms in total. The number of nitrogens with one attached hydrogen (secondary N) is 1. The lowest BCUT2D eigenvalue weighted by Crippen LogP contribution is -2.25. The smallest absolute Gasteiger partial charge is 0.251 e. The average molecular weight is 246 g/mol. The highest BCUT2D eigenvalue weighted by Gasteiger charge is 2.07. The molecule has 0 spiro atoms. The maximum absolute atomic E-state index is 11.7. The van der Waals surface area contributed by atoms with Gasteiger partial charge in [0.25, 0.3) is 5.91 Å². The predicted molar refractivity (Wildman–Crippen MR) is 67.3 cm³/mol. The van der Waals surface area contributed by atoms with E-state index in [-0.39, 0.29) is 17.3 Å². The topological polar surface area (TPSA) is 88.5 Å². The summed E-state index contributed by atoms with van der Waals surface area (Å²) in [6, 6.07) is 8.06. The molecule has 1 aromatic heterocycles. The van der Waals surface area contributed by atoms with Crippen molar-refractivity contribution in [3.8, 4) is 5.75 Å². The van der Waals surface area contributed by atoms with Crippen molar-refractivity contribution in [1.82, 2.24) is 5.32 Å². The van der Waals surface area contributed by atoms with Crippen molar-refractivity contribution in [1.29, 1.82) is 0 Å². The number of phenols is 1. The Morgan fingerprint density at radius 3 is 2.89 bits per heavy atom. The van der Waals surface area contributed by atoms with Crippen LogP contribution in [0.4, 0.5) is 5.69 Å². The number of nitrogens with two attached hydrogens (primary N) is 1. The molecule has 0 bridgehead atoms. The number of benzene rings is 1. The van der Waals surface area contributed by atoms with Crippen LogP contribution in [-0.2, 0) is 6.42 Å². The first-order chi connectivity index (χ1) is 8.66. The minimum atomic E-state index is -0.253. The highest BCUT2D eigenvalue weighted by molar-refractivity contribution is 5.95. The molecule has 0 aliphatic heterocycles. The normalized spacial score (nSPS) is 10.2. The number of anilines is 1. The van der Waals surface area contributed by atoms with Crippen molar-refractivity contribution in [2.75, 3.05) is 12.3 Å². The Morgan fingerprint density at radius 1 is 1.39 bits per heavy atom. The Bertz CT molecular complexity index is 535. The summed E-state index contributed by atoms with van der Waals surface area (Å²) in [5.74, 6) is 0.473. The number of hydrogen-bond acceptors (Lipinski definition) is 4. The third kappa shape index (κ3) is 2.82. The second-order valence-corrected chi connectivity index (χ2v) is 3.86. The fraction of sp³-hybridized carbons (Fsp3) is 0.154. The molecule has 0 unspecified atom stereocenters. The lowest BCUT2D eigenvalue weighted by molar-refractivity contribution is 0.0953. The van der Waals surface area contributed by atoms with E-state index in [1.54, 1.807) is 18.4 Å². The van der Waals surface area contributed by atoms with Gasteiger partial charge < -0.3 is 20.6 Å². The molecule has 0 fully saturated rings. The summed E-state index contributed by atoms with van der Waals surface area (Å²) in [5.41, 5.74) is 6.09. The number of nitrogen functional groups attached to an aromatic ring is 1. The van der Waals surface area contributed by atoms with E-state index in [9.17, 15) is 9.90 Å². The van der Waals surface area contributed by atoms with Gasteiger partial charge in [-0.3, -0.25) is 4.79 Å². The van der Waals surface area contributed by atoms with E-state index < -0.39 is 0 Å². The summed E-state index contributed by atoms with van der Waals surface area (Å²) in [5, 5.41) is 12.1. The molecule has 94 valence electrons. The van der Waals surface area contributed by atoms with Gasteiger partial charge in [0.15, 0.2) is 0 Å². The maximum atomic E-state index is 11.7. The van der Waals surface area contributed by atoms with Gasteiger partial charge in [-0.2, -0.15) is 0 Å². The summed E-state index contributed by atoms with van der Waals surface area (Å²) in [6.07, 6.45) is 2.22. The minimum absolute atomic E-state index is 0.0892. The van der Waals surface area contributed by atoms with Gasteiger partial charge in [0, 0.05) is 18.5 Å². The molecule has 0 saturated heterocycles. The molecule has 0 aliphatic rings. The number of carbonyl (C=O) groups is 1. The zero-order valence-corrected chi connectivity index (χ0v) is 9.72. The first-order valence-electron chi connectivity index (χ1n) is 5.56. The van der Waals surface area contributed by atoms with E-state index in [0.717, 1.165) is 5.76 Å². The Balaban J connectivity index is 1.89. The van der Waals surface area contributed by atoms with E-state index in [0.29, 0.717) is 18.5 Å². The largest absolute Gasteiger partial charge is 0.506 e. The highest BCUT2D eigenvalue weighted by Crippen LogP contribution is 2.20. The van der Waals surface area contributed by atoms with Crippen LogP contribution < -0.4 is 11.1 Å².